The SMILES string of the molecule is Cc1ccc(NN2C(=O)[C@@H]3C[C@@H]4C(=CC[C@@H]5C(=O)N(Cc6cccs6)C(=O)[C@@H]54)[C@H](c4ccc(O)c(F)c4)[C@]3(c3ccccc3)C2=O)cc1. The zero-order valence-electron chi connectivity index (χ0n) is 26.0. The van der Waals surface area contributed by atoms with Gasteiger partial charge in [-0.15, -0.1) is 11.3 Å². The van der Waals surface area contributed by atoms with Gasteiger partial charge >= 0.3 is 0 Å². The molecule has 2 N–H and O–H groups in total. The lowest BCUT2D eigenvalue weighted by atomic mass is 9.49. The van der Waals surface area contributed by atoms with E-state index in [9.17, 15) is 19.5 Å². The maximum Gasteiger partial charge on any atom is 0.260 e. The predicted octanol–water partition coefficient (Wildman–Crippen LogP) is 6.09. The molecule has 8 rings (SSSR count). The molecule has 1 saturated carbocycles. The van der Waals surface area contributed by atoms with Gasteiger partial charge in [0.15, 0.2) is 11.6 Å². The average Bonchev–Trinajstić information content (AvgIpc) is 3.76. The van der Waals surface area contributed by atoms with Crippen LogP contribution in [0.25, 0.3) is 0 Å². The Labute approximate surface area is 280 Å². The Kier molecular flexibility index (Phi) is 7.10. The van der Waals surface area contributed by atoms with Crippen molar-refractivity contribution in [3.63, 3.8) is 0 Å². The number of allylic oxidation sites excluding steroid dienone is 2. The Balaban J connectivity index is 1.30. The number of halogens is 1. The summed E-state index contributed by atoms with van der Waals surface area (Å²) in [4.78, 5) is 59.9. The number of fused-ring (bicyclic) bond motifs is 4. The van der Waals surface area contributed by atoms with Crippen molar-refractivity contribution in [3.05, 3.63) is 129 Å². The topological polar surface area (TPSA) is 107 Å². The fraction of sp³-hybridized carbons (Fsp3) is 0.263. The lowest BCUT2D eigenvalue weighted by Crippen LogP contribution is -2.53. The molecule has 2 aliphatic carbocycles. The number of phenols is 1. The molecule has 10 heteroatoms. The minimum atomic E-state index is -1.50. The van der Waals surface area contributed by atoms with Crippen molar-refractivity contribution in [2.45, 2.75) is 37.6 Å². The third kappa shape index (κ3) is 4.38. The zero-order chi connectivity index (χ0) is 33.3. The van der Waals surface area contributed by atoms with Gasteiger partial charge in [0.25, 0.3) is 11.8 Å². The summed E-state index contributed by atoms with van der Waals surface area (Å²) in [6, 6.07) is 24.2. The van der Waals surface area contributed by atoms with E-state index in [-0.39, 0.29) is 31.2 Å². The molecule has 3 fully saturated rings. The van der Waals surface area contributed by atoms with Crippen molar-refractivity contribution >= 4 is 40.7 Å². The Hall–Kier alpha value is -5.09. The van der Waals surface area contributed by atoms with Crippen LogP contribution in [0.15, 0.2) is 102 Å². The van der Waals surface area contributed by atoms with Gasteiger partial charge in [-0.25, -0.2) is 4.39 Å². The van der Waals surface area contributed by atoms with Gasteiger partial charge in [-0.3, -0.25) is 29.5 Å². The molecule has 8 nitrogen and oxygen atoms in total. The van der Waals surface area contributed by atoms with Crippen molar-refractivity contribution in [2.75, 3.05) is 5.43 Å². The Morgan fingerprint density at radius 2 is 1.69 bits per heavy atom. The lowest BCUT2D eigenvalue weighted by molar-refractivity contribution is -0.141. The maximum atomic E-state index is 15.2. The molecule has 6 atom stereocenters. The number of hydrazine groups is 1. The van der Waals surface area contributed by atoms with Crippen molar-refractivity contribution in [1.29, 1.82) is 0 Å². The van der Waals surface area contributed by atoms with Gasteiger partial charge in [0.1, 0.15) is 0 Å². The van der Waals surface area contributed by atoms with Gasteiger partial charge in [-0.2, -0.15) is 5.01 Å². The van der Waals surface area contributed by atoms with Crippen LogP contribution in [0.1, 0.15) is 40.3 Å². The minimum Gasteiger partial charge on any atom is -0.505 e. The van der Waals surface area contributed by atoms with Gasteiger partial charge in [0.2, 0.25) is 11.8 Å². The van der Waals surface area contributed by atoms with Crippen molar-refractivity contribution < 1.29 is 28.7 Å². The normalized spacial score (nSPS) is 27.9. The number of phenolic OH excluding ortho intramolecular Hbond substituents is 1. The van der Waals surface area contributed by atoms with Gasteiger partial charge < -0.3 is 5.11 Å². The van der Waals surface area contributed by atoms with E-state index < -0.39 is 58.4 Å². The van der Waals surface area contributed by atoms with E-state index >= 15 is 9.18 Å². The van der Waals surface area contributed by atoms with E-state index in [0.717, 1.165) is 21.0 Å². The van der Waals surface area contributed by atoms with Gasteiger partial charge in [-0.05, 0) is 72.5 Å². The maximum absolute atomic E-state index is 15.2. The van der Waals surface area contributed by atoms with Crippen molar-refractivity contribution in [2.24, 2.45) is 23.7 Å². The number of likely N-dealkylation sites (tertiary alicyclic amines) is 1. The molecule has 1 aromatic heterocycles. The summed E-state index contributed by atoms with van der Waals surface area (Å²) in [7, 11) is 0. The highest BCUT2D eigenvalue weighted by atomic mass is 32.1. The summed E-state index contributed by atoms with van der Waals surface area (Å²) in [6.45, 7) is 2.12. The largest absolute Gasteiger partial charge is 0.505 e. The summed E-state index contributed by atoms with van der Waals surface area (Å²) < 4.78 is 15.2. The van der Waals surface area contributed by atoms with Crippen LogP contribution >= 0.6 is 11.3 Å². The number of thiophene rings is 1. The molecule has 2 saturated heterocycles. The third-order valence-corrected chi connectivity index (χ3v) is 11.5. The molecule has 4 amide bonds. The van der Waals surface area contributed by atoms with Gasteiger partial charge in [-0.1, -0.05) is 71.8 Å². The number of carbonyl (C=O) groups excluding carboxylic acids is 4. The first-order valence-corrected chi connectivity index (χ1v) is 16.9. The molecule has 3 aromatic carbocycles. The summed E-state index contributed by atoms with van der Waals surface area (Å²) >= 11 is 1.47. The molecular weight excluding hydrogens is 629 g/mol. The molecule has 4 aliphatic rings. The number of aryl methyl sites for hydroxylation is 1. The number of amides is 4. The van der Waals surface area contributed by atoms with E-state index in [1.165, 1.54) is 28.4 Å². The summed E-state index contributed by atoms with van der Waals surface area (Å²) in [5, 5.41) is 13.1. The summed E-state index contributed by atoms with van der Waals surface area (Å²) in [6.07, 6.45) is 2.37. The second-order valence-electron chi connectivity index (χ2n) is 13.1. The highest BCUT2D eigenvalue weighted by Gasteiger charge is 2.70. The number of hydrogen-bond acceptors (Lipinski definition) is 7. The molecule has 0 radical (unpaired) electrons. The second-order valence-corrected chi connectivity index (χ2v) is 14.2. The number of aromatic hydroxyl groups is 1. The van der Waals surface area contributed by atoms with Crippen molar-refractivity contribution in [1.82, 2.24) is 9.91 Å². The highest BCUT2D eigenvalue weighted by molar-refractivity contribution is 7.09. The number of rotatable bonds is 6. The molecule has 48 heavy (non-hydrogen) atoms. The monoisotopic (exact) mass is 661 g/mol. The molecule has 4 aromatic rings. The van der Waals surface area contributed by atoms with E-state index in [0.29, 0.717) is 16.8 Å². The number of nitrogens with one attached hydrogen (secondary N) is 1. The Morgan fingerprint density at radius 1 is 0.917 bits per heavy atom. The van der Waals surface area contributed by atoms with Gasteiger partial charge in [0, 0.05) is 10.8 Å². The van der Waals surface area contributed by atoms with Crippen LogP contribution in [-0.2, 0) is 31.1 Å². The number of nitrogens with zero attached hydrogens (tertiary/aromatic N) is 2. The molecule has 0 unspecified atom stereocenters. The Bertz CT molecular complexity index is 2000. The molecule has 0 bridgehead atoms. The predicted molar refractivity (Wildman–Crippen MR) is 177 cm³/mol. The number of anilines is 1. The first-order chi connectivity index (χ1) is 23.2. The third-order valence-electron chi connectivity index (χ3n) is 10.7. The standard InChI is InChI=1S/C38H32FN3O5S/c1-21-9-12-24(13-10-21)40-42-35(45)29-19-28-26(14-15-27-32(28)36(46)41(34(27)44)20-25-8-5-17-48-25)33(22-11-16-31(43)30(39)18-22)38(29,37(42)47)23-6-3-2-4-7-23/h2-14,16-18,27-29,32-33,40,43H,15,19-20H2,1H3/t27-,28+,29-,32-,33-,38+/m0/s1. The van der Waals surface area contributed by atoms with Crippen LogP contribution in [0.2, 0.25) is 0 Å². The molecular formula is C38H32FN3O5S. The number of hydrogen-bond donors (Lipinski definition) is 2. The molecule has 2 aliphatic heterocycles. The number of carbonyl (C=O) groups is 4. The average molecular weight is 662 g/mol. The lowest BCUT2D eigenvalue weighted by Gasteiger charge is -2.50. The minimum absolute atomic E-state index is 0.154. The van der Waals surface area contributed by atoms with Crippen LogP contribution in [0.3, 0.4) is 0 Å². The molecule has 242 valence electrons. The van der Waals surface area contributed by atoms with Gasteiger partial charge in [0.05, 0.1) is 35.4 Å². The van der Waals surface area contributed by atoms with E-state index in [2.05, 4.69) is 5.43 Å². The second kappa shape index (κ2) is 11.3. The molecule has 3 heterocycles. The van der Waals surface area contributed by atoms with E-state index in [1.54, 1.807) is 18.2 Å². The smallest absolute Gasteiger partial charge is 0.260 e. The molecule has 0 spiro atoms. The fourth-order valence-electron chi connectivity index (χ4n) is 8.60. The quantitative estimate of drug-likeness (QED) is 0.192. The Morgan fingerprint density at radius 3 is 2.40 bits per heavy atom. The van der Waals surface area contributed by atoms with Crippen LogP contribution in [0.4, 0.5) is 10.1 Å². The number of imide groups is 2. The summed E-state index contributed by atoms with van der Waals surface area (Å²) in [5.74, 6) is -6.54. The fourth-order valence-corrected chi connectivity index (χ4v) is 9.30. The van der Waals surface area contributed by atoms with Crippen LogP contribution < -0.4 is 5.43 Å². The highest BCUT2D eigenvalue weighted by Crippen LogP contribution is 2.64. The van der Waals surface area contributed by atoms with E-state index in [1.807, 2.05) is 73.0 Å². The van der Waals surface area contributed by atoms with Crippen LogP contribution in [0.5, 0.6) is 5.75 Å². The van der Waals surface area contributed by atoms with E-state index in [4.69, 9.17) is 0 Å². The summed E-state index contributed by atoms with van der Waals surface area (Å²) in [5.41, 5.74) is 4.85. The van der Waals surface area contributed by atoms with Crippen LogP contribution in [-0.4, -0.2) is 38.6 Å². The first kappa shape index (κ1) is 30.3. The number of benzene rings is 3. The zero-order valence-corrected chi connectivity index (χ0v) is 26.8. The van der Waals surface area contributed by atoms with Crippen LogP contribution in [0, 0.1) is 36.4 Å². The van der Waals surface area contributed by atoms with Crippen molar-refractivity contribution in [3.8, 4) is 5.75 Å². The first-order valence-electron chi connectivity index (χ1n) is 16.0.